The summed E-state index contributed by atoms with van der Waals surface area (Å²) in [5.41, 5.74) is -0.780. The summed E-state index contributed by atoms with van der Waals surface area (Å²) in [5, 5.41) is 5.60. The number of nitrogens with one attached hydrogen (secondary N) is 2. The number of carbonyl (C=O) groups excluding carboxylic acids is 2. The molecule has 0 radical (unpaired) electrons. The van der Waals surface area contributed by atoms with E-state index in [1.165, 1.54) is 25.9 Å². The van der Waals surface area contributed by atoms with Crippen LogP contribution in [-0.2, 0) is 9.59 Å². The Morgan fingerprint density at radius 2 is 1.82 bits per heavy atom. The minimum Gasteiger partial charge on any atom is -0.358 e. The average molecular weight is 309 g/mol. The van der Waals surface area contributed by atoms with Crippen LogP contribution < -0.4 is 10.6 Å². The number of carbonyl (C=O) groups is 2. The number of likely N-dealkylation sites (tertiary alicyclic amines) is 1. The predicted molar refractivity (Wildman–Crippen MR) is 87.4 cm³/mol. The van der Waals surface area contributed by atoms with Gasteiger partial charge in [-0.25, -0.2) is 0 Å². The van der Waals surface area contributed by atoms with Crippen molar-refractivity contribution in [2.75, 3.05) is 33.2 Å². The summed E-state index contributed by atoms with van der Waals surface area (Å²) < 4.78 is 0. The summed E-state index contributed by atoms with van der Waals surface area (Å²) in [7, 11) is 1.61. The van der Waals surface area contributed by atoms with Crippen molar-refractivity contribution in [1.29, 1.82) is 0 Å². The fourth-order valence-electron chi connectivity index (χ4n) is 3.44. The molecule has 0 atom stereocenters. The molecule has 1 heterocycles. The van der Waals surface area contributed by atoms with Gasteiger partial charge in [-0.2, -0.15) is 0 Å². The van der Waals surface area contributed by atoms with Crippen LogP contribution in [0.1, 0.15) is 51.9 Å². The van der Waals surface area contributed by atoms with Crippen LogP contribution in [0.15, 0.2) is 0 Å². The van der Waals surface area contributed by atoms with E-state index in [0.717, 1.165) is 31.7 Å². The van der Waals surface area contributed by atoms with Crippen molar-refractivity contribution in [2.24, 2.45) is 11.3 Å². The van der Waals surface area contributed by atoms with Gasteiger partial charge >= 0.3 is 0 Å². The Bertz CT molecular complexity index is 385. The Morgan fingerprint density at radius 3 is 2.36 bits per heavy atom. The lowest BCUT2D eigenvalue weighted by Crippen LogP contribution is -2.54. The first kappa shape index (κ1) is 17.3. The van der Waals surface area contributed by atoms with Crippen molar-refractivity contribution in [1.82, 2.24) is 15.5 Å². The summed E-state index contributed by atoms with van der Waals surface area (Å²) >= 11 is 0. The largest absolute Gasteiger partial charge is 0.358 e. The second-order valence-electron chi connectivity index (χ2n) is 7.00. The molecule has 1 aliphatic heterocycles. The molecule has 0 spiro atoms. The van der Waals surface area contributed by atoms with Crippen LogP contribution in [0, 0.1) is 11.3 Å². The zero-order valence-corrected chi connectivity index (χ0v) is 14.1. The van der Waals surface area contributed by atoms with Gasteiger partial charge < -0.3 is 15.5 Å². The maximum atomic E-state index is 12.3. The molecule has 1 saturated heterocycles. The van der Waals surface area contributed by atoms with Crippen LogP contribution in [0.2, 0.25) is 0 Å². The van der Waals surface area contributed by atoms with E-state index in [1.54, 1.807) is 7.05 Å². The van der Waals surface area contributed by atoms with Gasteiger partial charge in [-0.05, 0) is 64.1 Å². The van der Waals surface area contributed by atoms with E-state index in [-0.39, 0.29) is 11.8 Å². The van der Waals surface area contributed by atoms with Crippen molar-refractivity contribution in [3.8, 4) is 0 Å². The molecule has 0 aromatic carbocycles. The Balaban J connectivity index is 1.60. The molecule has 22 heavy (non-hydrogen) atoms. The van der Waals surface area contributed by atoms with Crippen LogP contribution in [0.4, 0.5) is 0 Å². The first-order valence-electron chi connectivity index (χ1n) is 8.81. The molecule has 0 bridgehead atoms. The van der Waals surface area contributed by atoms with Crippen molar-refractivity contribution in [3.63, 3.8) is 0 Å². The summed E-state index contributed by atoms with van der Waals surface area (Å²) in [6, 6.07) is 0. The number of hydrogen-bond acceptors (Lipinski definition) is 3. The third-order valence-corrected chi connectivity index (χ3v) is 5.37. The van der Waals surface area contributed by atoms with Gasteiger partial charge in [0.15, 0.2) is 0 Å². The number of rotatable bonds is 7. The molecular formula is C17H31N3O2. The summed E-state index contributed by atoms with van der Waals surface area (Å²) in [6.45, 7) is 6.57. The SMILES string of the molecule is CNC(=O)C1(C(=O)NCCCCN2CCC(C)CC2)CCC1. The summed E-state index contributed by atoms with van der Waals surface area (Å²) in [5.74, 6) is 0.669. The summed E-state index contributed by atoms with van der Waals surface area (Å²) in [6.07, 6.45) is 7.06. The monoisotopic (exact) mass is 309 g/mol. The zero-order valence-electron chi connectivity index (χ0n) is 14.1. The van der Waals surface area contributed by atoms with Crippen LogP contribution in [0.5, 0.6) is 0 Å². The number of hydrogen-bond donors (Lipinski definition) is 2. The molecule has 2 amide bonds. The van der Waals surface area contributed by atoms with Gasteiger partial charge in [-0.15, -0.1) is 0 Å². The molecule has 0 aromatic heterocycles. The van der Waals surface area contributed by atoms with Gasteiger partial charge in [-0.1, -0.05) is 13.3 Å². The molecule has 2 N–H and O–H groups in total. The van der Waals surface area contributed by atoms with Gasteiger partial charge in [0.25, 0.3) is 0 Å². The van der Waals surface area contributed by atoms with Crippen molar-refractivity contribution in [2.45, 2.75) is 51.9 Å². The molecule has 5 heteroatoms. The second-order valence-corrected chi connectivity index (χ2v) is 7.00. The molecule has 0 unspecified atom stereocenters. The molecule has 126 valence electrons. The van der Waals surface area contributed by atoms with E-state index in [1.807, 2.05) is 0 Å². The van der Waals surface area contributed by atoms with E-state index in [0.29, 0.717) is 19.4 Å². The molecule has 5 nitrogen and oxygen atoms in total. The smallest absolute Gasteiger partial charge is 0.235 e. The van der Waals surface area contributed by atoms with Crippen LogP contribution in [0.3, 0.4) is 0 Å². The minimum absolute atomic E-state index is 0.0788. The van der Waals surface area contributed by atoms with Crippen molar-refractivity contribution >= 4 is 11.8 Å². The second kappa shape index (κ2) is 7.95. The van der Waals surface area contributed by atoms with E-state index in [9.17, 15) is 9.59 Å². The van der Waals surface area contributed by atoms with Gasteiger partial charge in [-0.3, -0.25) is 9.59 Å². The molecule has 1 saturated carbocycles. The predicted octanol–water partition coefficient (Wildman–Crippen LogP) is 1.53. The minimum atomic E-state index is -0.780. The lowest BCUT2D eigenvalue weighted by molar-refractivity contribution is -0.149. The fraction of sp³-hybridized carbons (Fsp3) is 0.882. The van der Waals surface area contributed by atoms with Gasteiger partial charge in [0, 0.05) is 13.6 Å². The molecule has 1 aliphatic carbocycles. The zero-order chi connectivity index (χ0) is 16.0. The highest BCUT2D eigenvalue weighted by atomic mass is 16.2. The molecular weight excluding hydrogens is 278 g/mol. The Kier molecular flexibility index (Phi) is 6.24. The van der Waals surface area contributed by atoms with Crippen LogP contribution >= 0.6 is 0 Å². The molecule has 2 rings (SSSR count). The van der Waals surface area contributed by atoms with E-state index in [2.05, 4.69) is 22.5 Å². The van der Waals surface area contributed by atoms with Gasteiger partial charge in [0.05, 0.1) is 0 Å². The van der Waals surface area contributed by atoms with Gasteiger partial charge in [0.2, 0.25) is 11.8 Å². The van der Waals surface area contributed by atoms with E-state index >= 15 is 0 Å². The Hall–Kier alpha value is -1.10. The fourth-order valence-corrected chi connectivity index (χ4v) is 3.44. The Labute approximate surface area is 134 Å². The van der Waals surface area contributed by atoms with Crippen LogP contribution in [0.25, 0.3) is 0 Å². The Morgan fingerprint density at radius 1 is 1.14 bits per heavy atom. The highest BCUT2D eigenvalue weighted by Gasteiger charge is 2.50. The first-order valence-corrected chi connectivity index (χ1v) is 8.81. The van der Waals surface area contributed by atoms with Gasteiger partial charge in [0.1, 0.15) is 5.41 Å². The topological polar surface area (TPSA) is 61.4 Å². The lowest BCUT2D eigenvalue weighted by Gasteiger charge is -2.38. The van der Waals surface area contributed by atoms with E-state index in [4.69, 9.17) is 0 Å². The highest BCUT2D eigenvalue weighted by molar-refractivity contribution is 6.05. The van der Waals surface area contributed by atoms with Crippen LogP contribution in [-0.4, -0.2) is 49.9 Å². The normalized spacial score (nSPS) is 21.9. The lowest BCUT2D eigenvalue weighted by atomic mass is 9.67. The number of unbranched alkanes of at least 4 members (excludes halogenated alkanes) is 1. The van der Waals surface area contributed by atoms with Crippen molar-refractivity contribution < 1.29 is 9.59 Å². The quantitative estimate of drug-likeness (QED) is 0.554. The maximum absolute atomic E-state index is 12.3. The molecule has 2 fully saturated rings. The molecule has 0 aromatic rings. The number of piperidine rings is 1. The standard InChI is InChI=1S/C17H31N3O2/c1-14-6-12-20(13-7-14)11-4-3-10-19-16(22)17(8-5-9-17)15(21)18-2/h14H,3-13H2,1-2H3,(H,18,21)(H,19,22). The molecule has 2 aliphatic rings. The third-order valence-electron chi connectivity index (χ3n) is 5.37. The summed E-state index contributed by atoms with van der Waals surface area (Å²) in [4.78, 5) is 26.7. The third kappa shape index (κ3) is 4.00. The number of nitrogens with zero attached hydrogens (tertiary/aromatic N) is 1. The average Bonchev–Trinajstić information content (AvgIpc) is 2.47. The first-order chi connectivity index (χ1) is 10.6. The highest BCUT2D eigenvalue weighted by Crippen LogP contribution is 2.41. The maximum Gasteiger partial charge on any atom is 0.235 e. The van der Waals surface area contributed by atoms with Crippen molar-refractivity contribution in [3.05, 3.63) is 0 Å². The number of amides is 2. The van der Waals surface area contributed by atoms with E-state index < -0.39 is 5.41 Å².